The first-order chi connectivity index (χ1) is 9.12. The topological polar surface area (TPSA) is 55.8 Å². The van der Waals surface area contributed by atoms with E-state index in [1.165, 1.54) is 12.0 Å². The number of rotatable bonds is 2. The van der Waals surface area contributed by atoms with E-state index in [9.17, 15) is 14.0 Å². The van der Waals surface area contributed by atoms with Crippen molar-refractivity contribution in [1.82, 2.24) is 4.90 Å². The number of esters is 1. The van der Waals surface area contributed by atoms with Gasteiger partial charge in [0, 0.05) is 24.7 Å². The number of methoxy groups -OCH3 is 1. The minimum Gasteiger partial charge on any atom is -0.467 e. The molecule has 2 atom stereocenters. The third kappa shape index (κ3) is 4.33. The van der Waals surface area contributed by atoms with Crippen LogP contribution < -0.4 is 0 Å². The smallest absolute Gasteiger partial charge is 0.411 e. The number of piperidine rings is 1. The number of carbonyl (C=O) groups is 2. The van der Waals surface area contributed by atoms with Gasteiger partial charge in [0.1, 0.15) is 17.3 Å². The molecule has 1 aliphatic rings. The molecule has 0 saturated carbocycles. The molecule has 0 radical (unpaired) electrons. The van der Waals surface area contributed by atoms with Gasteiger partial charge in [-0.3, -0.25) is 4.90 Å². The van der Waals surface area contributed by atoms with Crippen molar-refractivity contribution in [3.8, 4) is 0 Å². The van der Waals surface area contributed by atoms with Crippen LogP contribution in [0.15, 0.2) is 0 Å². The van der Waals surface area contributed by atoms with Crippen LogP contribution >= 0.6 is 15.9 Å². The summed E-state index contributed by atoms with van der Waals surface area (Å²) in [5.41, 5.74) is -2.19. The summed E-state index contributed by atoms with van der Waals surface area (Å²) in [7, 11) is 1.22. The molecule has 0 aromatic rings. The van der Waals surface area contributed by atoms with Crippen molar-refractivity contribution in [2.75, 3.05) is 19.0 Å². The highest BCUT2D eigenvalue weighted by Crippen LogP contribution is 2.33. The number of hydrogen-bond donors (Lipinski definition) is 0. The normalized spacial score (nSPS) is 27.1. The summed E-state index contributed by atoms with van der Waals surface area (Å²) in [6.45, 7) is 5.33. The SMILES string of the molecule is COC(=O)C1CC(F)(CBr)CCN1C(=O)OC(C)(C)C. The number of ether oxygens (including phenoxy) is 2. The highest BCUT2D eigenvalue weighted by molar-refractivity contribution is 9.09. The second-order valence-electron chi connectivity index (χ2n) is 5.95. The lowest BCUT2D eigenvalue weighted by atomic mass is 9.90. The molecular weight excluding hydrogens is 333 g/mol. The zero-order valence-electron chi connectivity index (χ0n) is 12.2. The Morgan fingerprint density at radius 3 is 2.50 bits per heavy atom. The fraction of sp³-hybridized carbons (Fsp3) is 0.846. The first-order valence-corrected chi connectivity index (χ1v) is 7.56. The molecule has 0 aromatic heterocycles. The fourth-order valence-corrected chi connectivity index (χ4v) is 2.55. The lowest BCUT2D eigenvalue weighted by Gasteiger charge is -2.40. The number of amides is 1. The molecule has 0 aliphatic carbocycles. The van der Waals surface area contributed by atoms with Gasteiger partial charge in [-0.25, -0.2) is 14.0 Å². The van der Waals surface area contributed by atoms with Crippen molar-refractivity contribution in [2.45, 2.75) is 50.9 Å². The van der Waals surface area contributed by atoms with E-state index in [1.807, 2.05) is 0 Å². The summed E-state index contributed by atoms with van der Waals surface area (Å²) >= 11 is 3.11. The standard InChI is InChI=1S/C13H21BrFNO4/c1-12(2,3)20-11(18)16-6-5-13(15,8-14)7-9(16)10(17)19-4/h9H,5-8H2,1-4H3. The molecule has 1 fully saturated rings. The summed E-state index contributed by atoms with van der Waals surface area (Å²) in [6.07, 6.45) is -0.556. The molecule has 0 spiro atoms. The number of hydrogen-bond acceptors (Lipinski definition) is 4. The molecule has 2 unspecified atom stereocenters. The molecule has 1 saturated heterocycles. The van der Waals surface area contributed by atoms with E-state index in [1.54, 1.807) is 20.8 Å². The predicted octanol–water partition coefficient (Wildman–Crippen LogP) is 2.66. The Hall–Kier alpha value is -0.850. The monoisotopic (exact) mass is 353 g/mol. The lowest BCUT2D eigenvalue weighted by molar-refractivity contribution is -0.150. The Morgan fingerprint density at radius 1 is 1.45 bits per heavy atom. The minimum absolute atomic E-state index is 0.0931. The number of carbonyl (C=O) groups excluding carboxylic acids is 2. The third-order valence-corrected chi connectivity index (χ3v) is 4.08. The van der Waals surface area contributed by atoms with Crippen LogP contribution in [0.4, 0.5) is 9.18 Å². The lowest BCUT2D eigenvalue weighted by Crippen LogP contribution is -2.56. The Morgan fingerprint density at radius 2 is 2.05 bits per heavy atom. The zero-order chi connectivity index (χ0) is 15.6. The quantitative estimate of drug-likeness (QED) is 0.565. The van der Waals surface area contributed by atoms with Gasteiger partial charge in [0.05, 0.1) is 7.11 Å². The molecule has 1 rings (SSSR count). The first kappa shape index (κ1) is 17.2. The van der Waals surface area contributed by atoms with E-state index in [0.717, 1.165) is 0 Å². The summed E-state index contributed by atoms with van der Waals surface area (Å²) < 4.78 is 24.3. The van der Waals surface area contributed by atoms with Gasteiger partial charge in [-0.1, -0.05) is 15.9 Å². The maximum absolute atomic E-state index is 14.4. The summed E-state index contributed by atoms with van der Waals surface area (Å²) in [5, 5.41) is 0.121. The maximum atomic E-state index is 14.4. The largest absolute Gasteiger partial charge is 0.467 e. The molecule has 0 N–H and O–H groups in total. The predicted molar refractivity (Wildman–Crippen MR) is 75.6 cm³/mol. The van der Waals surface area contributed by atoms with Gasteiger partial charge < -0.3 is 9.47 Å². The van der Waals surface area contributed by atoms with Crippen LogP contribution in [0.2, 0.25) is 0 Å². The zero-order valence-corrected chi connectivity index (χ0v) is 13.8. The van der Waals surface area contributed by atoms with E-state index >= 15 is 0 Å². The molecule has 7 heteroatoms. The number of alkyl halides is 2. The maximum Gasteiger partial charge on any atom is 0.411 e. The summed E-state index contributed by atoms with van der Waals surface area (Å²) in [5.74, 6) is -0.626. The molecule has 20 heavy (non-hydrogen) atoms. The van der Waals surface area contributed by atoms with Gasteiger partial charge >= 0.3 is 12.1 Å². The van der Waals surface area contributed by atoms with Crippen LogP contribution in [0.5, 0.6) is 0 Å². The first-order valence-electron chi connectivity index (χ1n) is 6.44. The van der Waals surface area contributed by atoms with E-state index in [4.69, 9.17) is 4.74 Å². The van der Waals surface area contributed by atoms with Gasteiger partial charge in [-0.2, -0.15) is 0 Å². The van der Waals surface area contributed by atoms with Crippen molar-refractivity contribution in [3.63, 3.8) is 0 Å². The summed E-state index contributed by atoms with van der Waals surface area (Å²) in [4.78, 5) is 25.2. The van der Waals surface area contributed by atoms with Crippen LogP contribution in [0.1, 0.15) is 33.6 Å². The second kappa shape index (κ2) is 6.28. The van der Waals surface area contributed by atoms with Crippen molar-refractivity contribution in [1.29, 1.82) is 0 Å². The molecule has 1 amide bonds. The minimum atomic E-state index is -1.52. The highest BCUT2D eigenvalue weighted by Gasteiger charge is 2.46. The van der Waals surface area contributed by atoms with Gasteiger partial charge in [-0.15, -0.1) is 0 Å². The van der Waals surface area contributed by atoms with E-state index < -0.39 is 29.4 Å². The van der Waals surface area contributed by atoms with Crippen molar-refractivity contribution in [2.24, 2.45) is 0 Å². The van der Waals surface area contributed by atoms with Crippen LogP contribution in [-0.4, -0.2) is 53.3 Å². The third-order valence-electron chi connectivity index (χ3n) is 3.08. The number of halogens is 2. The fourth-order valence-electron chi connectivity index (χ4n) is 2.04. The Bertz CT molecular complexity index is 385. The molecule has 1 aliphatic heterocycles. The number of likely N-dealkylation sites (tertiary alicyclic amines) is 1. The number of nitrogens with zero attached hydrogens (tertiary/aromatic N) is 1. The molecule has 0 bridgehead atoms. The van der Waals surface area contributed by atoms with Crippen molar-refractivity contribution in [3.05, 3.63) is 0 Å². The van der Waals surface area contributed by atoms with Gasteiger partial charge in [0.15, 0.2) is 0 Å². The van der Waals surface area contributed by atoms with E-state index in [0.29, 0.717) is 0 Å². The average Bonchev–Trinajstić information content (AvgIpc) is 2.35. The van der Waals surface area contributed by atoms with E-state index in [2.05, 4.69) is 20.7 Å². The Balaban J connectivity index is 2.89. The van der Waals surface area contributed by atoms with Crippen LogP contribution in [-0.2, 0) is 14.3 Å². The summed E-state index contributed by atoms with van der Waals surface area (Å²) in [6, 6.07) is -0.953. The van der Waals surface area contributed by atoms with E-state index in [-0.39, 0.29) is 24.7 Å². The molecule has 1 heterocycles. The molecular formula is C13H21BrFNO4. The molecule has 0 aromatic carbocycles. The van der Waals surface area contributed by atoms with Crippen molar-refractivity contribution >= 4 is 28.0 Å². The molecule has 5 nitrogen and oxygen atoms in total. The van der Waals surface area contributed by atoms with Gasteiger partial charge in [-0.05, 0) is 20.8 Å². The van der Waals surface area contributed by atoms with Crippen LogP contribution in [0.3, 0.4) is 0 Å². The van der Waals surface area contributed by atoms with Crippen molar-refractivity contribution < 1.29 is 23.5 Å². The van der Waals surface area contributed by atoms with Crippen LogP contribution in [0.25, 0.3) is 0 Å². The highest BCUT2D eigenvalue weighted by atomic mass is 79.9. The second-order valence-corrected chi connectivity index (χ2v) is 6.51. The average molecular weight is 354 g/mol. The van der Waals surface area contributed by atoms with Crippen LogP contribution in [0, 0.1) is 0 Å². The van der Waals surface area contributed by atoms with Gasteiger partial charge in [0.2, 0.25) is 0 Å². The Labute approximate surface area is 126 Å². The van der Waals surface area contributed by atoms with Gasteiger partial charge in [0.25, 0.3) is 0 Å². The molecule has 116 valence electrons. The Kier molecular flexibility index (Phi) is 5.40.